The van der Waals surface area contributed by atoms with E-state index in [-0.39, 0.29) is 29.5 Å². The van der Waals surface area contributed by atoms with Crippen LogP contribution in [0.25, 0.3) is 6.08 Å². The average Bonchev–Trinajstić information content (AvgIpc) is 2.18. The van der Waals surface area contributed by atoms with Gasteiger partial charge in [0.2, 0.25) is 0 Å². The number of benzene rings is 1. The van der Waals surface area contributed by atoms with Crippen LogP contribution in [-0.4, -0.2) is 5.54 Å². The van der Waals surface area contributed by atoms with E-state index in [1.807, 2.05) is 0 Å². The molecule has 0 saturated heterocycles. The van der Waals surface area contributed by atoms with Crippen LogP contribution in [0.2, 0.25) is 0 Å². The van der Waals surface area contributed by atoms with Gasteiger partial charge in [-0.1, -0.05) is 19.1 Å². The zero-order valence-electron chi connectivity index (χ0n) is 8.63. The van der Waals surface area contributed by atoms with Crippen molar-refractivity contribution in [2.75, 3.05) is 0 Å². The molecule has 0 amide bonds. The molecule has 0 saturated carbocycles. The number of quaternary nitrogens is 1. The maximum absolute atomic E-state index is 2.36. The first-order valence-electron chi connectivity index (χ1n) is 4.88. The highest BCUT2D eigenvalue weighted by molar-refractivity contribution is 5.62. The molecule has 0 radical (unpaired) electrons. The zero-order chi connectivity index (χ0) is 9.31. The molecule has 2 rings (SSSR count). The van der Waals surface area contributed by atoms with Gasteiger partial charge >= 0.3 is 0 Å². The Bertz CT molecular complexity index is 346. The molecule has 1 nitrogen and oxygen atoms in total. The lowest BCUT2D eigenvalue weighted by molar-refractivity contribution is -0.638. The predicted molar refractivity (Wildman–Crippen MR) is 55.8 cm³/mol. The summed E-state index contributed by atoms with van der Waals surface area (Å²) in [6.07, 6.45) is 5.70. The highest BCUT2D eigenvalue weighted by Crippen LogP contribution is 2.20. The summed E-state index contributed by atoms with van der Waals surface area (Å²) >= 11 is 0. The van der Waals surface area contributed by atoms with Gasteiger partial charge in [0.05, 0.1) is 0 Å². The van der Waals surface area contributed by atoms with Gasteiger partial charge < -0.3 is 29.3 Å². The zero-order valence-corrected chi connectivity index (χ0v) is 10.8. The minimum absolute atomic E-state index is 0. The lowest BCUT2D eigenvalue weighted by Crippen LogP contribution is -3.00. The Hall–Kier alpha value is -0.350. The molecule has 0 spiro atoms. The van der Waals surface area contributed by atoms with Crippen LogP contribution in [0.15, 0.2) is 30.3 Å². The summed E-state index contributed by atoms with van der Waals surface area (Å²) in [6.45, 7) is 4.51. The fraction of sp³-hybridized carbons (Fsp3) is 0.333. The molecule has 1 aromatic rings. The average molecular weight is 301 g/mol. The second-order valence-electron chi connectivity index (χ2n) is 3.97. The van der Waals surface area contributed by atoms with Crippen LogP contribution in [0.5, 0.6) is 0 Å². The molecule has 0 aliphatic carbocycles. The van der Waals surface area contributed by atoms with E-state index >= 15 is 0 Å². The van der Waals surface area contributed by atoms with E-state index < -0.39 is 0 Å². The van der Waals surface area contributed by atoms with Gasteiger partial charge in [-0.3, -0.25) is 0 Å². The second-order valence-corrected chi connectivity index (χ2v) is 3.97. The standard InChI is InChI=1S/C12H15N.HI/c1-3-12(2)9-8-10-6-4-5-7-11(10)13-12;/h4-9,13H,3H2,1-2H3;1H. The van der Waals surface area contributed by atoms with E-state index in [4.69, 9.17) is 0 Å². The van der Waals surface area contributed by atoms with Crippen molar-refractivity contribution in [1.82, 2.24) is 0 Å². The smallest absolute Gasteiger partial charge is 0.137 e. The van der Waals surface area contributed by atoms with Crippen LogP contribution >= 0.6 is 0 Å². The first kappa shape index (κ1) is 11.7. The third kappa shape index (κ3) is 2.17. The minimum Gasteiger partial charge on any atom is -1.00 e. The van der Waals surface area contributed by atoms with Crippen molar-refractivity contribution >= 4 is 11.8 Å². The van der Waals surface area contributed by atoms with Crippen LogP contribution in [0.1, 0.15) is 25.8 Å². The number of para-hydroxylation sites is 1. The van der Waals surface area contributed by atoms with E-state index in [9.17, 15) is 0 Å². The van der Waals surface area contributed by atoms with Gasteiger partial charge in [-0.2, -0.15) is 0 Å². The van der Waals surface area contributed by atoms with Gasteiger partial charge in [0.15, 0.2) is 0 Å². The number of nitrogens with two attached hydrogens (primary N) is 1. The van der Waals surface area contributed by atoms with Crippen LogP contribution in [0.3, 0.4) is 0 Å². The van der Waals surface area contributed by atoms with Crippen molar-refractivity contribution in [1.29, 1.82) is 0 Å². The Labute approximate surface area is 103 Å². The molecule has 2 heteroatoms. The Morgan fingerprint density at radius 2 is 2.00 bits per heavy atom. The molecule has 1 atom stereocenters. The molecule has 1 aliphatic rings. The lowest BCUT2D eigenvalue weighted by atomic mass is 9.92. The van der Waals surface area contributed by atoms with Crippen molar-refractivity contribution < 1.29 is 29.3 Å². The van der Waals surface area contributed by atoms with Crippen LogP contribution in [0, 0.1) is 0 Å². The van der Waals surface area contributed by atoms with Gasteiger partial charge in [0.1, 0.15) is 11.2 Å². The molecule has 0 aromatic heterocycles. The molecule has 1 unspecified atom stereocenters. The van der Waals surface area contributed by atoms with Crippen molar-refractivity contribution in [3.05, 3.63) is 35.9 Å². The Balaban J connectivity index is 0.000000980. The quantitative estimate of drug-likeness (QED) is 0.510. The summed E-state index contributed by atoms with van der Waals surface area (Å²) in [7, 11) is 0. The Kier molecular flexibility index (Phi) is 3.72. The van der Waals surface area contributed by atoms with E-state index in [2.05, 4.69) is 55.6 Å². The second kappa shape index (κ2) is 4.45. The highest BCUT2D eigenvalue weighted by atomic mass is 127. The summed E-state index contributed by atoms with van der Waals surface area (Å²) in [5.74, 6) is 0. The lowest BCUT2D eigenvalue weighted by Gasteiger charge is -2.26. The predicted octanol–water partition coefficient (Wildman–Crippen LogP) is -0.919. The van der Waals surface area contributed by atoms with Crippen LogP contribution in [0.4, 0.5) is 5.69 Å². The largest absolute Gasteiger partial charge is 1.00 e. The van der Waals surface area contributed by atoms with Crippen LogP contribution in [-0.2, 0) is 0 Å². The minimum atomic E-state index is 0. The fourth-order valence-corrected chi connectivity index (χ4v) is 1.70. The molecule has 14 heavy (non-hydrogen) atoms. The highest BCUT2D eigenvalue weighted by Gasteiger charge is 2.26. The van der Waals surface area contributed by atoms with Crippen molar-refractivity contribution in [2.24, 2.45) is 0 Å². The number of rotatable bonds is 1. The number of fused-ring (bicyclic) bond motifs is 1. The van der Waals surface area contributed by atoms with Gasteiger partial charge in [0, 0.05) is 12.0 Å². The first-order chi connectivity index (χ1) is 6.23. The molecule has 0 bridgehead atoms. The fourth-order valence-electron chi connectivity index (χ4n) is 1.70. The monoisotopic (exact) mass is 301 g/mol. The summed E-state index contributed by atoms with van der Waals surface area (Å²) in [6, 6.07) is 8.54. The summed E-state index contributed by atoms with van der Waals surface area (Å²) in [5, 5.41) is 2.36. The molecule has 0 fully saturated rings. The molecule has 1 aliphatic heterocycles. The molecule has 1 heterocycles. The third-order valence-electron chi connectivity index (χ3n) is 2.89. The summed E-state index contributed by atoms with van der Waals surface area (Å²) in [5.41, 5.74) is 2.97. The Morgan fingerprint density at radius 3 is 2.71 bits per heavy atom. The summed E-state index contributed by atoms with van der Waals surface area (Å²) < 4.78 is 0. The normalized spacial score (nSPS) is 23.9. The Morgan fingerprint density at radius 1 is 1.29 bits per heavy atom. The maximum Gasteiger partial charge on any atom is 0.137 e. The topological polar surface area (TPSA) is 16.6 Å². The third-order valence-corrected chi connectivity index (χ3v) is 2.89. The molecular formula is C12H16IN. The van der Waals surface area contributed by atoms with Gasteiger partial charge in [-0.15, -0.1) is 0 Å². The van der Waals surface area contributed by atoms with E-state index in [1.165, 1.54) is 11.3 Å². The maximum atomic E-state index is 2.36. The number of hydrogen-bond acceptors (Lipinski definition) is 0. The van der Waals surface area contributed by atoms with E-state index in [0.29, 0.717) is 0 Å². The van der Waals surface area contributed by atoms with Gasteiger partial charge in [-0.25, -0.2) is 0 Å². The van der Waals surface area contributed by atoms with Crippen molar-refractivity contribution in [3.63, 3.8) is 0 Å². The number of hydrogen-bond donors (Lipinski definition) is 1. The van der Waals surface area contributed by atoms with Crippen molar-refractivity contribution in [2.45, 2.75) is 25.8 Å². The first-order valence-corrected chi connectivity index (χ1v) is 4.88. The molecular weight excluding hydrogens is 285 g/mol. The summed E-state index contributed by atoms with van der Waals surface area (Å²) in [4.78, 5) is 0. The molecule has 76 valence electrons. The molecule has 2 N–H and O–H groups in total. The van der Waals surface area contributed by atoms with Crippen molar-refractivity contribution in [3.8, 4) is 0 Å². The van der Waals surface area contributed by atoms with E-state index in [0.717, 1.165) is 6.42 Å². The van der Waals surface area contributed by atoms with Gasteiger partial charge in [-0.05, 0) is 31.2 Å². The number of halogens is 1. The van der Waals surface area contributed by atoms with E-state index in [1.54, 1.807) is 0 Å². The van der Waals surface area contributed by atoms with Crippen LogP contribution < -0.4 is 29.3 Å². The molecule has 1 aromatic carbocycles. The SMILES string of the molecule is CCC1(C)C=Cc2ccccc2[NH2+]1.[I-]. The van der Waals surface area contributed by atoms with Gasteiger partial charge in [0.25, 0.3) is 0 Å².